The number of rotatable bonds is 3. The summed E-state index contributed by atoms with van der Waals surface area (Å²) in [6.45, 7) is 2.50. The molecule has 0 saturated heterocycles. The van der Waals surface area contributed by atoms with Gasteiger partial charge in [-0.05, 0) is 0 Å². The van der Waals surface area contributed by atoms with Gasteiger partial charge < -0.3 is 0 Å². The van der Waals surface area contributed by atoms with E-state index in [2.05, 4.69) is 88.7 Å². The Hall–Kier alpha value is -0.993. The molecule has 0 aliphatic heterocycles. The molecule has 0 aromatic heterocycles. The average Bonchev–Trinajstić information content (AvgIpc) is 3.20. The molecule has 2 heteroatoms. The van der Waals surface area contributed by atoms with Gasteiger partial charge >= 0.3 is 143 Å². The van der Waals surface area contributed by atoms with Crippen molar-refractivity contribution in [3.63, 3.8) is 0 Å². The Bertz CT molecular complexity index is 766. The molecule has 2 aliphatic rings. The van der Waals surface area contributed by atoms with Crippen molar-refractivity contribution in [2.45, 2.75) is 23.3 Å². The fourth-order valence-corrected chi connectivity index (χ4v) is 36.8. The molecular weight excluding hydrogens is 459 g/mol. The summed E-state index contributed by atoms with van der Waals surface area (Å²) in [5.74, 6) is 0. The zero-order valence-electron chi connectivity index (χ0n) is 14.3. The van der Waals surface area contributed by atoms with Crippen LogP contribution in [0.15, 0.2) is 60.7 Å². The molecule has 2 unspecified atom stereocenters. The van der Waals surface area contributed by atoms with E-state index in [9.17, 15) is 0 Å². The molecule has 2 aliphatic carbocycles. The first kappa shape index (κ1) is 15.5. The van der Waals surface area contributed by atoms with E-state index in [1.807, 2.05) is 0 Å². The third kappa shape index (κ3) is 2.18. The second-order valence-electron chi connectivity index (χ2n) is 8.22. The van der Waals surface area contributed by atoms with Gasteiger partial charge in [-0.3, -0.25) is 0 Å². The first-order valence-corrected chi connectivity index (χ1v) is 29.9. The second kappa shape index (κ2) is 5.25. The SMILES string of the molecule is C[SiH2][Hf]([CH3])([CH3])([CH]1C=Cc2ccccc21)[CH]1C=Cc2ccccc21. The van der Waals surface area contributed by atoms with E-state index < -0.39 is 17.7 Å². The molecule has 2 aromatic rings. The predicted octanol–water partition coefficient (Wildman–Crippen LogP) is 5.44. The van der Waals surface area contributed by atoms with E-state index in [-0.39, 0.29) is 6.71 Å². The third-order valence-corrected chi connectivity index (χ3v) is 58.5. The Kier molecular flexibility index (Phi) is 3.55. The predicted molar refractivity (Wildman–Crippen MR) is 103 cm³/mol. The molecule has 0 bridgehead atoms. The number of hydrogen-bond acceptors (Lipinski definition) is 0. The minimum absolute atomic E-state index is 0.0858. The number of hydrogen-bond donors (Lipinski definition) is 0. The summed E-state index contributed by atoms with van der Waals surface area (Å²) in [5, 5.41) is 0. The Morgan fingerprint density at radius 2 is 1.17 bits per heavy atom. The van der Waals surface area contributed by atoms with Gasteiger partial charge in [0.25, 0.3) is 0 Å². The Morgan fingerprint density at radius 3 is 1.61 bits per heavy atom. The van der Waals surface area contributed by atoms with Gasteiger partial charge in [-0.15, -0.1) is 0 Å². The molecule has 0 spiro atoms. The minimum atomic E-state index is -3.10. The molecule has 2 aromatic carbocycles. The van der Waals surface area contributed by atoms with Gasteiger partial charge in [0, 0.05) is 0 Å². The topological polar surface area (TPSA) is 0 Å². The number of allylic oxidation sites excluding steroid dienone is 2. The Labute approximate surface area is 142 Å². The van der Waals surface area contributed by atoms with Gasteiger partial charge in [-0.25, -0.2) is 0 Å². The third-order valence-electron chi connectivity index (χ3n) is 6.76. The summed E-state index contributed by atoms with van der Waals surface area (Å²) in [5.41, 5.74) is 6.14. The van der Waals surface area contributed by atoms with E-state index in [1.165, 1.54) is 11.1 Å². The monoisotopic (exact) mass is 485 g/mol. The molecule has 0 N–H and O–H groups in total. The Morgan fingerprint density at radius 1 is 0.739 bits per heavy atom. The normalized spacial score (nSPS) is 23.9. The molecule has 4 rings (SSSR count). The standard InChI is InChI=1S/2C9H7.CH5Si.2CH3.Hf/c2*1-2-5-9-7-3-6-8(9)4-1;1-2;;;/h2*1-7H;2H2,1H3;2*1H3;. The quantitative estimate of drug-likeness (QED) is 0.510. The molecule has 0 amide bonds. The molecule has 23 heavy (non-hydrogen) atoms. The summed E-state index contributed by atoms with van der Waals surface area (Å²) in [7, 11) is 0. The average molecular weight is 484 g/mol. The van der Waals surface area contributed by atoms with Crippen molar-refractivity contribution in [3.05, 3.63) is 82.9 Å². The van der Waals surface area contributed by atoms with E-state index in [4.69, 9.17) is 0 Å². The fourth-order valence-electron chi connectivity index (χ4n) is 4.79. The first-order valence-electron chi connectivity index (χ1n) is 8.78. The molecule has 0 radical (unpaired) electrons. The number of fused-ring (bicyclic) bond motifs is 2. The Balaban J connectivity index is 1.88. The van der Waals surface area contributed by atoms with Crippen LogP contribution in [0.25, 0.3) is 12.2 Å². The van der Waals surface area contributed by atoms with Gasteiger partial charge in [0.1, 0.15) is 0 Å². The van der Waals surface area contributed by atoms with Crippen LogP contribution in [0, 0.1) is 0 Å². The van der Waals surface area contributed by atoms with Crippen molar-refractivity contribution in [1.82, 2.24) is 0 Å². The fraction of sp³-hybridized carbons (Fsp3) is 0.238. The number of benzene rings is 2. The van der Waals surface area contributed by atoms with E-state index >= 15 is 0 Å². The van der Waals surface area contributed by atoms with E-state index in [0.717, 1.165) is 7.35 Å². The van der Waals surface area contributed by atoms with Crippen molar-refractivity contribution in [2.75, 3.05) is 0 Å². The second-order valence-corrected chi connectivity index (χ2v) is 60.4. The summed E-state index contributed by atoms with van der Waals surface area (Å²) in [6, 6.07) is 18.2. The van der Waals surface area contributed by atoms with Crippen LogP contribution in [0.5, 0.6) is 0 Å². The van der Waals surface area contributed by atoms with Gasteiger partial charge in [-0.2, -0.15) is 0 Å². The molecular formula is C21H25HfSi. The van der Waals surface area contributed by atoms with Crippen LogP contribution in [0.1, 0.15) is 29.6 Å². The van der Waals surface area contributed by atoms with Crippen LogP contribution in [0.3, 0.4) is 0 Å². The summed E-state index contributed by atoms with van der Waals surface area (Å²) in [4.78, 5) is 0. The zero-order chi connectivity index (χ0) is 16.1. The van der Waals surface area contributed by atoms with Gasteiger partial charge in [0.05, 0.1) is 0 Å². The maximum atomic E-state index is 2.76. The molecule has 0 heterocycles. The van der Waals surface area contributed by atoms with E-state index in [1.54, 1.807) is 11.1 Å². The molecule has 2 atom stereocenters. The van der Waals surface area contributed by atoms with Crippen LogP contribution in [0.4, 0.5) is 0 Å². The van der Waals surface area contributed by atoms with Gasteiger partial charge in [0.15, 0.2) is 0 Å². The van der Waals surface area contributed by atoms with Crippen molar-refractivity contribution in [1.29, 1.82) is 0 Å². The van der Waals surface area contributed by atoms with Crippen LogP contribution in [-0.4, -0.2) is 6.71 Å². The van der Waals surface area contributed by atoms with Crippen molar-refractivity contribution >= 4 is 18.9 Å². The van der Waals surface area contributed by atoms with Crippen LogP contribution in [0.2, 0.25) is 15.9 Å². The van der Waals surface area contributed by atoms with E-state index in [0.29, 0.717) is 0 Å². The van der Waals surface area contributed by atoms with Crippen molar-refractivity contribution in [3.8, 4) is 0 Å². The van der Waals surface area contributed by atoms with Gasteiger partial charge in [0.2, 0.25) is 0 Å². The van der Waals surface area contributed by atoms with Crippen molar-refractivity contribution < 1.29 is 17.7 Å². The van der Waals surface area contributed by atoms with Crippen LogP contribution >= 0.6 is 0 Å². The van der Waals surface area contributed by atoms with Crippen molar-refractivity contribution in [2.24, 2.45) is 0 Å². The van der Waals surface area contributed by atoms with Crippen LogP contribution in [-0.2, 0) is 17.7 Å². The first-order chi connectivity index (χ1) is 11.0. The molecule has 117 valence electrons. The zero-order valence-corrected chi connectivity index (χ0v) is 19.3. The maximum absolute atomic E-state index is 3.10. The van der Waals surface area contributed by atoms with Gasteiger partial charge in [-0.1, -0.05) is 0 Å². The molecule has 0 saturated carbocycles. The molecule has 0 fully saturated rings. The summed E-state index contributed by atoms with van der Waals surface area (Å²) >= 11 is -3.10. The summed E-state index contributed by atoms with van der Waals surface area (Å²) < 4.78 is 6.97. The van der Waals surface area contributed by atoms with Crippen LogP contribution < -0.4 is 0 Å². The summed E-state index contributed by atoms with van der Waals surface area (Å²) in [6.07, 6.45) is 9.89. The molecule has 0 nitrogen and oxygen atoms in total.